The smallest absolute Gasteiger partial charge is 0.179 e. The minimum Gasteiger partial charge on any atom is -0.497 e. The summed E-state index contributed by atoms with van der Waals surface area (Å²) in [4.78, 5) is 0. The summed E-state index contributed by atoms with van der Waals surface area (Å²) in [5.41, 5.74) is 2.03. The lowest BCUT2D eigenvalue weighted by Crippen LogP contribution is -2.19. The lowest BCUT2D eigenvalue weighted by atomic mass is 10.1. The summed E-state index contributed by atoms with van der Waals surface area (Å²) in [7, 11) is 4.90. The Morgan fingerprint density at radius 3 is 2.38 bits per heavy atom. The first-order chi connectivity index (χ1) is 12.5. The highest BCUT2D eigenvalue weighted by molar-refractivity contribution is 6.32. The highest BCUT2D eigenvalue weighted by Gasteiger charge is 2.15. The van der Waals surface area contributed by atoms with Crippen LogP contribution in [0.4, 0.5) is 0 Å². The topological polar surface area (TPSA) is 49.0 Å². The van der Waals surface area contributed by atoms with Crippen LogP contribution in [0.2, 0.25) is 5.02 Å². The molecule has 2 aromatic carbocycles. The maximum atomic E-state index is 6.32. The molecule has 2 rings (SSSR count). The molecule has 0 amide bonds. The lowest BCUT2D eigenvalue weighted by molar-refractivity contribution is 0.310. The van der Waals surface area contributed by atoms with Gasteiger partial charge in [-0.05, 0) is 49.7 Å². The van der Waals surface area contributed by atoms with Crippen LogP contribution in [-0.4, -0.2) is 27.9 Å². The van der Waals surface area contributed by atoms with Gasteiger partial charge in [-0.15, -0.1) is 0 Å². The lowest BCUT2D eigenvalue weighted by Gasteiger charge is -2.19. The Morgan fingerprint density at radius 1 is 1.00 bits per heavy atom. The molecule has 1 atom stereocenters. The summed E-state index contributed by atoms with van der Waals surface area (Å²) >= 11 is 6.32. The highest BCUT2D eigenvalue weighted by atomic mass is 35.5. The van der Waals surface area contributed by atoms with Crippen molar-refractivity contribution in [3.63, 3.8) is 0 Å². The molecule has 0 radical (unpaired) electrons. The number of ether oxygens (including phenoxy) is 4. The summed E-state index contributed by atoms with van der Waals surface area (Å²) in [5, 5.41) is 4.01. The van der Waals surface area contributed by atoms with Gasteiger partial charge >= 0.3 is 0 Å². The molecule has 0 bridgehead atoms. The number of methoxy groups -OCH3 is 3. The molecule has 0 aliphatic carbocycles. The monoisotopic (exact) mass is 379 g/mol. The number of benzene rings is 2. The van der Waals surface area contributed by atoms with Crippen LogP contribution in [0.5, 0.6) is 23.0 Å². The fraction of sp³-hybridized carbons (Fsp3) is 0.400. The molecular weight excluding hydrogens is 354 g/mol. The van der Waals surface area contributed by atoms with E-state index in [1.165, 1.54) is 0 Å². The van der Waals surface area contributed by atoms with E-state index < -0.39 is 0 Å². The van der Waals surface area contributed by atoms with Gasteiger partial charge < -0.3 is 24.3 Å². The highest BCUT2D eigenvalue weighted by Crippen LogP contribution is 2.36. The minimum absolute atomic E-state index is 0.0523. The third kappa shape index (κ3) is 4.74. The summed E-state index contributed by atoms with van der Waals surface area (Å²) < 4.78 is 21.7. The Morgan fingerprint density at radius 2 is 1.77 bits per heavy atom. The third-order valence-electron chi connectivity index (χ3n) is 4.09. The predicted molar refractivity (Wildman–Crippen MR) is 104 cm³/mol. The van der Waals surface area contributed by atoms with Crippen molar-refractivity contribution in [1.82, 2.24) is 5.32 Å². The molecule has 0 heterocycles. The zero-order valence-corrected chi connectivity index (χ0v) is 16.6. The number of hydrogen-bond donors (Lipinski definition) is 1. The third-order valence-corrected chi connectivity index (χ3v) is 4.37. The summed E-state index contributed by atoms with van der Waals surface area (Å²) in [5.74, 6) is 2.81. The van der Waals surface area contributed by atoms with E-state index in [1.807, 2.05) is 37.3 Å². The maximum absolute atomic E-state index is 6.32. The SMILES string of the molecule is CCOc1cc(CNC(C)c2cc(OC)ccc2OC)cc(Cl)c1OC. The van der Waals surface area contributed by atoms with Crippen LogP contribution in [0.1, 0.15) is 31.0 Å². The van der Waals surface area contributed by atoms with E-state index in [1.54, 1.807) is 21.3 Å². The largest absolute Gasteiger partial charge is 0.497 e. The predicted octanol–water partition coefficient (Wildman–Crippen LogP) is 4.62. The first kappa shape index (κ1) is 20.2. The van der Waals surface area contributed by atoms with Crippen LogP contribution in [0, 0.1) is 0 Å². The minimum atomic E-state index is 0.0523. The van der Waals surface area contributed by atoms with Crippen LogP contribution in [0.3, 0.4) is 0 Å². The van der Waals surface area contributed by atoms with Gasteiger partial charge in [0.2, 0.25) is 0 Å². The van der Waals surface area contributed by atoms with Crippen molar-refractivity contribution in [2.24, 2.45) is 0 Å². The molecule has 0 saturated heterocycles. The summed E-state index contributed by atoms with van der Waals surface area (Å²) in [6, 6.07) is 9.64. The molecule has 2 aromatic rings. The van der Waals surface area contributed by atoms with Crippen molar-refractivity contribution >= 4 is 11.6 Å². The van der Waals surface area contributed by atoms with Gasteiger partial charge in [-0.25, -0.2) is 0 Å². The molecule has 0 fully saturated rings. The van der Waals surface area contributed by atoms with Crippen LogP contribution in [-0.2, 0) is 6.54 Å². The van der Waals surface area contributed by atoms with Gasteiger partial charge in [0.05, 0.1) is 33.0 Å². The van der Waals surface area contributed by atoms with Crippen molar-refractivity contribution in [1.29, 1.82) is 0 Å². The van der Waals surface area contributed by atoms with Crippen molar-refractivity contribution in [3.8, 4) is 23.0 Å². The van der Waals surface area contributed by atoms with Crippen LogP contribution < -0.4 is 24.3 Å². The van der Waals surface area contributed by atoms with E-state index in [9.17, 15) is 0 Å². The molecular formula is C20H26ClNO4. The quantitative estimate of drug-likeness (QED) is 0.689. The molecule has 0 saturated carbocycles. The van der Waals surface area contributed by atoms with E-state index in [2.05, 4.69) is 12.2 Å². The summed E-state index contributed by atoms with van der Waals surface area (Å²) in [6.07, 6.45) is 0. The molecule has 0 aliphatic rings. The second-order valence-electron chi connectivity index (χ2n) is 5.75. The van der Waals surface area contributed by atoms with Gasteiger partial charge in [0.25, 0.3) is 0 Å². The summed E-state index contributed by atoms with van der Waals surface area (Å²) in [6.45, 7) is 5.16. The molecule has 1 N–H and O–H groups in total. The van der Waals surface area contributed by atoms with Crippen LogP contribution in [0.25, 0.3) is 0 Å². The van der Waals surface area contributed by atoms with E-state index in [0.717, 1.165) is 22.6 Å². The Labute approximate surface area is 160 Å². The van der Waals surface area contributed by atoms with Gasteiger partial charge in [-0.3, -0.25) is 0 Å². The molecule has 142 valence electrons. The van der Waals surface area contributed by atoms with Gasteiger partial charge in [0.15, 0.2) is 11.5 Å². The molecule has 5 nitrogen and oxygen atoms in total. The standard InChI is InChI=1S/C20H26ClNO4/c1-6-26-19-10-14(9-17(21)20(19)25-5)12-22-13(2)16-11-15(23-3)7-8-18(16)24-4/h7-11,13,22H,6,12H2,1-5H3. The van der Waals surface area contributed by atoms with Crippen LogP contribution >= 0.6 is 11.6 Å². The van der Waals surface area contributed by atoms with E-state index in [-0.39, 0.29) is 6.04 Å². The average molecular weight is 380 g/mol. The Balaban J connectivity index is 2.18. The average Bonchev–Trinajstić information content (AvgIpc) is 2.65. The maximum Gasteiger partial charge on any atom is 0.179 e. The zero-order valence-electron chi connectivity index (χ0n) is 15.9. The van der Waals surface area contributed by atoms with Crippen molar-refractivity contribution in [2.45, 2.75) is 26.4 Å². The van der Waals surface area contributed by atoms with E-state index in [4.69, 9.17) is 30.5 Å². The number of halogens is 1. The molecule has 6 heteroatoms. The van der Waals surface area contributed by atoms with Crippen molar-refractivity contribution < 1.29 is 18.9 Å². The number of rotatable bonds is 9. The molecule has 0 spiro atoms. The fourth-order valence-electron chi connectivity index (χ4n) is 2.74. The zero-order chi connectivity index (χ0) is 19.1. The fourth-order valence-corrected chi connectivity index (χ4v) is 3.05. The van der Waals surface area contributed by atoms with Crippen molar-refractivity contribution in [3.05, 3.63) is 46.5 Å². The molecule has 0 aliphatic heterocycles. The van der Waals surface area contributed by atoms with E-state index >= 15 is 0 Å². The van der Waals surface area contributed by atoms with Crippen molar-refractivity contribution in [2.75, 3.05) is 27.9 Å². The van der Waals surface area contributed by atoms with Gasteiger partial charge in [-0.1, -0.05) is 11.6 Å². The molecule has 26 heavy (non-hydrogen) atoms. The van der Waals surface area contributed by atoms with Gasteiger partial charge in [0, 0.05) is 18.2 Å². The second-order valence-corrected chi connectivity index (χ2v) is 6.16. The first-order valence-electron chi connectivity index (χ1n) is 8.48. The normalized spacial score (nSPS) is 11.8. The number of hydrogen-bond acceptors (Lipinski definition) is 5. The Kier molecular flexibility index (Phi) is 7.42. The van der Waals surface area contributed by atoms with Crippen LogP contribution in [0.15, 0.2) is 30.3 Å². The van der Waals surface area contributed by atoms with E-state index in [0.29, 0.717) is 29.7 Å². The molecule has 0 aromatic heterocycles. The van der Waals surface area contributed by atoms with Gasteiger partial charge in [-0.2, -0.15) is 0 Å². The second kappa shape index (κ2) is 9.55. The van der Waals surface area contributed by atoms with Gasteiger partial charge in [0.1, 0.15) is 11.5 Å². The molecule has 1 unspecified atom stereocenters. The Bertz CT molecular complexity index is 736. The first-order valence-corrected chi connectivity index (χ1v) is 8.86. The Hall–Kier alpha value is -2.11. The number of nitrogens with one attached hydrogen (secondary N) is 1.